The molecule has 0 spiro atoms. The molecule has 0 radical (unpaired) electrons. The number of amides is 2. The maximum atomic E-state index is 14.1. The number of anilines is 2. The number of carbonyl (C=O) groups is 2. The summed E-state index contributed by atoms with van der Waals surface area (Å²) in [7, 11) is -3.90. The fraction of sp³-hybridized carbons (Fsp3) is 0.179. The summed E-state index contributed by atoms with van der Waals surface area (Å²) in [5.74, 6) is -5.70. The summed E-state index contributed by atoms with van der Waals surface area (Å²) < 4.78 is 55.8. The minimum atomic E-state index is -3.90. The SMILES string of the molecule is CCC(F)(F)c1cccc(NC(=O)C2C(=O)N(c3ccc4ccn(S(=O)(=O)c5ccccc5)c4c3)N=C2C)c1. The van der Waals surface area contributed by atoms with E-state index in [1.807, 2.05) is 0 Å². The highest BCUT2D eigenvalue weighted by atomic mass is 32.2. The van der Waals surface area contributed by atoms with Crippen LogP contribution in [0.5, 0.6) is 0 Å². The highest BCUT2D eigenvalue weighted by molar-refractivity contribution is 7.90. The monoisotopic (exact) mass is 550 g/mol. The van der Waals surface area contributed by atoms with Gasteiger partial charge >= 0.3 is 0 Å². The molecule has 11 heteroatoms. The Morgan fingerprint density at radius 2 is 1.77 bits per heavy atom. The van der Waals surface area contributed by atoms with E-state index in [1.165, 1.54) is 62.5 Å². The summed E-state index contributed by atoms with van der Waals surface area (Å²) >= 11 is 0. The van der Waals surface area contributed by atoms with Gasteiger partial charge in [0, 0.05) is 29.3 Å². The Hall–Kier alpha value is -4.38. The van der Waals surface area contributed by atoms with Crippen LogP contribution >= 0.6 is 0 Å². The summed E-state index contributed by atoms with van der Waals surface area (Å²) in [5, 5.41) is 8.48. The van der Waals surface area contributed by atoms with Crippen molar-refractivity contribution in [3.8, 4) is 0 Å². The van der Waals surface area contributed by atoms with Crippen molar-refractivity contribution in [3.05, 3.63) is 90.6 Å². The average Bonchev–Trinajstić information content (AvgIpc) is 3.49. The first-order valence-electron chi connectivity index (χ1n) is 12.1. The Bertz CT molecular complexity index is 1730. The van der Waals surface area contributed by atoms with Gasteiger partial charge in [0.15, 0.2) is 5.92 Å². The van der Waals surface area contributed by atoms with Gasteiger partial charge in [0.1, 0.15) is 0 Å². The zero-order chi connectivity index (χ0) is 27.9. The maximum absolute atomic E-state index is 14.1. The molecule has 1 atom stereocenters. The largest absolute Gasteiger partial charge is 0.325 e. The lowest BCUT2D eigenvalue weighted by atomic mass is 10.0. The summed E-state index contributed by atoms with van der Waals surface area (Å²) in [4.78, 5) is 26.5. The van der Waals surface area contributed by atoms with Gasteiger partial charge in [0.25, 0.3) is 21.9 Å². The Morgan fingerprint density at radius 3 is 2.49 bits per heavy atom. The smallest absolute Gasteiger partial charge is 0.273 e. The molecule has 0 bridgehead atoms. The topological polar surface area (TPSA) is 101 Å². The van der Waals surface area contributed by atoms with Crippen molar-refractivity contribution in [2.75, 3.05) is 10.3 Å². The lowest BCUT2D eigenvalue weighted by Crippen LogP contribution is -2.36. The van der Waals surface area contributed by atoms with E-state index in [0.29, 0.717) is 10.9 Å². The van der Waals surface area contributed by atoms with E-state index in [-0.39, 0.29) is 27.5 Å². The van der Waals surface area contributed by atoms with Gasteiger partial charge in [-0.25, -0.2) is 21.2 Å². The van der Waals surface area contributed by atoms with Crippen molar-refractivity contribution >= 4 is 49.8 Å². The van der Waals surface area contributed by atoms with Crippen LogP contribution in [0.4, 0.5) is 20.2 Å². The standard InChI is InChI=1S/C28H24F2N4O4S/c1-3-28(29,30)20-8-7-9-21(16-20)31-26(35)25-18(2)32-34(27(25)36)22-13-12-19-14-15-33(24(19)17-22)39(37,38)23-10-5-4-6-11-23/h4-17,25H,3H2,1-2H3,(H,31,35). The van der Waals surface area contributed by atoms with Crippen LogP contribution in [0.25, 0.3) is 10.9 Å². The Kier molecular flexibility index (Phi) is 6.55. The number of fused-ring (bicyclic) bond motifs is 1. The number of nitrogens with zero attached hydrogens (tertiary/aromatic N) is 3. The van der Waals surface area contributed by atoms with Crippen molar-refractivity contribution in [1.82, 2.24) is 3.97 Å². The number of aromatic nitrogens is 1. The normalized spacial score (nSPS) is 16.0. The molecular weight excluding hydrogens is 526 g/mol. The molecule has 0 saturated carbocycles. The van der Waals surface area contributed by atoms with Gasteiger partial charge in [0.05, 0.1) is 21.8 Å². The summed E-state index contributed by atoms with van der Waals surface area (Å²) in [5.41, 5.74) is 0.706. The predicted octanol–water partition coefficient (Wildman–Crippen LogP) is 5.36. The minimum absolute atomic E-state index is 0.108. The average molecular weight is 551 g/mol. The summed E-state index contributed by atoms with van der Waals surface area (Å²) in [6, 6.07) is 19.7. The molecule has 0 aliphatic carbocycles. The van der Waals surface area contributed by atoms with Crippen LogP contribution in [0, 0.1) is 5.92 Å². The lowest BCUT2D eigenvalue weighted by molar-refractivity contribution is -0.127. The molecule has 0 saturated heterocycles. The molecule has 1 aromatic heterocycles. The number of alkyl halides is 2. The number of hydrazone groups is 1. The molecule has 5 rings (SSSR count). The van der Waals surface area contributed by atoms with Crippen LogP contribution in [-0.2, 0) is 25.5 Å². The number of carbonyl (C=O) groups excluding carboxylic acids is 2. The molecule has 8 nitrogen and oxygen atoms in total. The van der Waals surface area contributed by atoms with E-state index in [4.69, 9.17) is 0 Å². The molecule has 39 heavy (non-hydrogen) atoms. The first-order chi connectivity index (χ1) is 18.5. The molecule has 2 amide bonds. The molecule has 2 heterocycles. The van der Waals surface area contributed by atoms with Gasteiger partial charge in [-0.2, -0.15) is 10.1 Å². The van der Waals surface area contributed by atoms with Gasteiger partial charge in [-0.05, 0) is 49.4 Å². The van der Waals surface area contributed by atoms with Crippen LogP contribution in [-0.4, -0.2) is 29.9 Å². The van der Waals surface area contributed by atoms with Gasteiger partial charge in [-0.15, -0.1) is 0 Å². The van der Waals surface area contributed by atoms with Crippen LogP contribution in [0.15, 0.2) is 95.1 Å². The number of benzene rings is 3. The summed E-state index contributed by atoms with van der Waals surface area (Å²) in [6.45, 7) is 2.88. The van der Waals surface area contributed by atoms with Crippen molar-refractivity contribution < 1.29 is 26.8 Å². The van der Waals surface area contributed by atoms with Crippen LogP contribution in [0.1, 0.15) is 25.8 Å². The molecular formula is C28H24F2N4O4S. The zero-order valence-corrected chi connectivity index (χ0v) is 21.8. The van der Waals surface area contributed by atoms with E-state index in [0.717, 1.165) is 8.98 Å². The van der Waals surface area contributed by atoms with Crippen molar-refractivity contribution in [1.29, 1.82) is 0 Å². The lowest BCUT2D eigenvalue weighted by Gasteiger charge is -2.17. The predicted molar refractivity (Wildman–Crippen MR) is 144 cm³/mol. The van der Waals surface area contributed by atoms with Gasteiger partial charge in [-0.3, -0.25) is 9.59 Å². The van der Waals surface area contributed by atoms with Crippen molar-refractivity contribution in [2.45, 2.75) is 31.1 Å². The van der Waals surface area contributed by atoms with Gasteiger partial charge in [-0.1, -0.05) is 43.3 Å². The molecule has 3 aromatic carbocycles. The highest BCUT2D eigenvalue weighted by Crippen LogP contribution is 2.33. The van der Waals surface area contributed by atoms with Crippen molar-refractivity contribution in [2.24, 2.45) is 11.0 Å². The highest BCUT2D eigenvalue weighted by Gasteiger charge is 2.40. The molecule has 200 valence electrons. The Labute approximate surface area is 223 Å². The number of hydrogen-bond donors (Lipinski definition) is 1. The van der Waals surface area contributed by atoms with E-state index in [2.05, 4.69) is 10.4 Å². The van der Waals surface area contributed by atoms with E-state index < -0.39 is 40.1 Å². The molecule has 0 fully saturated rings. The molecule has 4 aromatic rings. The molecule has 1 unspecified atom stereocenters. The number of halogens is 2. The van der Waals surface area contributed by atoms with Crippen molar-refractivity contribution in [3.63, 3.8) is 0 Å². The maximum Gasteiger partial charge on any atom is 0.273 e. The fourth-order valence-corrected chi connectivity index (χ4v) is 5.80. The zero-order valence-electron chi connectivity index (χ0n) is 21.0. The Morgan fingerprint density at radius 1 is 1.03 bits per heavy atom. The third-order valence-corrected chi connectivity index (χ3v) is 8.28. The van der Waals surface area contributed by atoms with Crippen LogP contribution in [0.2, 0.25) is 0 Å². The number of hydrogen-bond acceptors (Lipinski definition) is 5. The molecule has 1 N–H and O–H groups in total. The second-order valence-corrected chi connectivity index (χ2v) is 10.9. The Balaban J connectivity index is 1.42. The third kappa shape index (κ3) is 4.69. The van der Waals surface area contributed by atoms with E-state index in [9.17, 15) is 26.8 Å². The first kappa shape index (κ1) is 26.2. The van der Waals surface area contributed by atoms with Crippen LogP contribution < -0.4 is 10.3 Å². The number of rotatable bonds is 7. The third-order valence-electron chi connectivity index (χ3n) is 6.58. The fourth-order valence-electron chi connectivity index (χ4n) is 4.44. The van der Waals surface area contributed by atoms with E-state index >= 15 is 0 Å². The molecule has 1 aliphatic rings. The molecule has 1 aliphatic heterocycles. The second-order valence-electron chi connectivity index (χ2n) is 9.13. The van der Waals surface area contributed by atoms with Gasteiger partial charge < -0.3 is 5.32 Å². The van der Waals surface area contributed by atoms with E-state index in [1.54, 1.807) is 36.4 Å². The van der Waals surface area contributed by atoms with Crippen LogP contribution in [0.3, 0.4) is 0 Å². The summed E-state index contributed by atoms with van der Waals surface area (Å²) in [6.07, 6.45) is 1.04. The van der Waals surface area contributed by atoms with Gasteiger partial charge in [0.2, 0.25) is 5.91 Å². The first-order valence-corrected chi connectivity index (χ1v) is 13.6. The second kappa shape index (κ2) is 9.73. The number of nitrogens with one attached hydrogen (secondary N) is 1. The quantitative estimate of drug-likeness (QED) is 0.313. The minimum Gasteiger partial charge on any atom is -0.325 e.